The van der Waals surface area contributed by atoms with Crippen LogP contribution in [-0.2, 0) is 23.0 Å². The van der Waals surface area contributed by atoms with E-state index in [0.29, 0.717) is 13.1 Å². The first kappa shape index (κ1) is 19.4. The van der Waals surface area contributed by atoms with Crippen LogP contribution in [0, 0.1) is 0 Å². The second-order valence-electron chi connectivity index (χ2n) is 6.60. The highest BCUT2D eigenvalue weighted by atomic mass is 35.5. The molecule has 5 nitrogen and oxygen atoms in total. The number of sulfonamides is 1. The number of carbonyl (C=O) groups excluding carboxylic acids is 1. The van der Waals surface area contributed by atoms with Crippen molar-refractivity contribution >= 4 is 38.9 Å². The first-order valence-corrected chi connectivity index (χ1v) is 11.0. The predicted octanol–water partition coefficient (Wildman–Crippen LogP) is 3.63. The number of nitrogens with zero attached hydrogens (tertiary/aromatic N) is 2. The molecule has 1 amide bonds. The molecule has 2 heterocycles. The van der Waals surface area contributed by atoms with E-state index in [1.807, 2.05) is 11.4 Å². The molecule has 1 aromatic carbocycles. The Balaban J connectivity index is 1.92. The van der Waals surface area contributed by atoms with Gasteiger partial charge in [0.1, 0.15) is 0 Å². The van der Waals surface area contributed by atoms with Crippen LogP contribution < -0.4 is 0 Å². The van der Waals surface area contributed by atoms with Crippen molar-refractivity contribution < 1.29 is 13.2 Å². The minimum Gasteiger partial charge on any atom is -0.334 e. The van der Waals surface area contributed by atoms with E-state index in [0.717, 1.165) is 12.0 Å². The number of fused-ring (bicyclic) bond motifs is 1. The van der Waals surface area contributed by atoms with Crippen molar-refractivity contribution in [1.82, 2.24) is 9.21 Å². The van der Waals surface area contributed by atoms with Crippen molar-refractivity contribution in [3.63, 3.8) is 0 Å². The van der Waals surface area contributed by atoms with E-state index in [4.69, 9.17) is 11.6 Å². The molecular formula is C18H21ClN2O3S2. The van der Waals surface area contributed by atoms with Gasteiger partial charge in [0.05, 0.1) is 15.5 Å². The van der Waals surface area contributed by atoms with Crippen LogP contribution in [0.25, 0.3) is 0 Å². The van der Waals surface area contributed by atoms with Crippen molar-refractivity contribution in [1.29, 1.82) is 0 Å². The zero-order valence-electron chi connectivity index (χ0n) is 14.9. The van der Waals surface area contributed by atoms with Gasteiger partial charge in [-0.15, -0.1) is 11.3 Å². The lowest BCUT2D eigenvalue weighted by Gasteiger charge is -2.27. The molecule has 26 heavy (non-hydrogen) atoms. The predicted molar refractivity (Wildman–Crippen MR) is 104 cm³/mol. The van der Waals surface area contributed by atoms with Gasteiger partial charge < -0.3 is 4.90 Å². The molecule has 0 N–H and O–H groups in total. The van der Waals surface area contributed by atoms with Gasteiger partial charge in [-0.25, -0.2) is 8.42 Å². The smallest absolute Gasteiger partial charge is 0.255 e. The number of hydrogen-bond acceptors (Lipinski definition) is 4. The summed E-state index contributed by atoms with van der Waals surface area (Å²) in [4.78, 5) is 16.1. The number of thiophene rings is 1. The maximum absolute atomic E-state index is 13.0. The summed E-state index contributed by atoms with van der Waals surface area (Å²) in [6.07, 6.45) is 0.810. The molecule has 3 rings (SSSR count). The van der Waals surface area contributed by atoms with Crippen LogP contribution in [0.4, 0.5) is 0 Å². The number of halogens is 1. The Morgan fingerprint density at radius 1 is 1.31 bits per heavy atom. The third-order valence-electron chi connectivity index (χ3n) is 4.67. The lowest BCUT2D eigenvalue weighted by molar-refractivity contribution is 0.0736. The van der Waals surface area contributed by atoms with Gasteiger partial charge in [-0.2, -0.15) is 4.31 Å². The lowest BCUT2D eigenvalue weighted by Crippen LogP contribution is -2.36. The fraction of sp³-hybridized carbons (Fsp3) is 0.389. The topological polar surface area (TPSA) is 57.7 Å². The molecule has 1 aromatic heterocycles. The molecule has 0 unspecified atom stereocenters. The lowest BCUT2D eigenvalue weighted by atomic mass is 10.1. The quantitative estimate of drug-likeness (QED) is 0.770. The average Bonchev–Trinajstić information content (AvgIpc) is 3.08. The summed E-state index contributed by atoms with van der Waals surface area (Å²) in [5.41, 5.74) is 1.37. The molecule has 1 aliphatic heterocycles. The molecule has 0 radical (unpaired) electrons. The first-order chi connectivity index (χ1) is 12.2. The third-order valence-corrected chi connectivity index (χ3v) is 8.05. The molecule has 0 saturated carbocycles. The van der Waals surface area contributed by atoms with Crippen LogP contribution in [0.5, 0.6) is 0 Å². The van der Waals surface area contributed by atoms with Gasteiger partial charge in [0, 0.05) is 31.1 Å². The van der Waals surface area contributed by atoms with Gasteiger partial charge >= 0.3 is 0 Å². The largest absolute Gasteiger partial charge is 0.334 e. The van der Waals surface area contributed by atoms with Crippen molar-refractivity contribution in [3.8, 4) is 0 Å². The Labute approximate surface area is 163 Å². The van der Waals surface area contributed by atoms with Gasteiger partial charge in [-0.05, 0) is 55.5 Å². The molecule has 0 aliphatic carbocycles. The van der Waals surface area contributed by atoms with Crippen LogP contribution >= 0.6 is 22.9 Å². The van der Waals surface area contributed by atoms with Crippen molar-refractivity contribution in [3.05, 3.63) is 50.7 Å². The summed E-state index contributed by atoms with van der Waals surface area (Å²) in [7, 11) is -2.15. The second kappa shape index (κ2) is 7.31. The molecule has 0 fully saturated rings. The Bertz CT molecular complexity index is 938. The summed E-state index contributed by atoms with van der Waals surface area (Å²) in [6, 6.07) is 6.16. The Morgan fingerprint density at radius 2 is 2.04 bits per heavy atom. The van der Waals surface area contributed by atoms with E-state index in [1.165, 1.54) is 34.4 Å². The van der Waals surface area contributed by atoms with Crippen LogP contribution in [0.2, 0.25) is 5.02 Å². The third kappa shape index (κ3) is 3.53. The van der Waals surface area contributed by atoms with E-state index < -0.39 is 10.0 Å². The first-order valence-electron chi connectivity index (χ1n) is 8.34. The second-order valence-corrected chi connectivity index (χ2v) is 10.0. The molecule has 0 spiro atoms. The number of carbonyl (C=O) groups is 1. The highest BCUT2D eigenvalue weighted by molar-refractivity contribution is 7.89. The van der Waals surface area contributed by atoms with Crippen molar-refractivity contribution in [2.24, 2.45) is 0 Å². The van der Waals surface area contributed by atoms with Crippen LogP contribution in [0.15, 0.2) is 34.5 Å². The molecule has 8 heteroatoms. The number of amides is 1. The molecule has 2 aromatic rings. The Hall–Kier alpha value is -1.41. The van der Waals surface area contributed by atoms with E-state index in [2.05, 4.69) is 0 Å². The molecule has 0 saturated heterocycles. The molecule has 140 valence electrons. The highest BCUT2D eigenvalue weighted by Gasteiger charge is 2.28. The van der Waals surface area contributed by atoms with Crippen LogP contribution in [0.3, 0.4) is 0 Å². The Morgan fingerprint density at radius 3 is 2.73 bits per heavy atom. The Kier molecular flexibility index (Phi) is 5.44. The zero-order valence-corrected chi connectivity index (χ0v) is 17.3. The van der Waals surface area contributed by atoms with Crippen LogP contribution in [-0.4, -0.2) is 43.2 Å². The number of rotatable bonds is 4. The fourth-order valence-electron chi connectivity index (χ4n) is 2.86. The van der Waals surface area contributed by atoms with E-state index in [9.17, 15) is 13.2 Å². The minimum atomic E-state index is -3.68. The monoisotopic (exact) mass is 412 g/mol. The molecule has 0 bridgehead atoms. The minimum absolute atomic E-state index is 0.0784. The zero-order chi connectivity index (χ0) is 19.1. The molecule has 0 atom stereocenters. The maximum atomic E-state index is 13.0. The molecule has 1 aliphatic rings. The van der Waals surface area contributed by atoms with Gasteiger partial charge in [0.2, 0.25) is 10.0 Å². The normalized spacial score (nSPS) is 14.8. The van der Waals surface area contributed by atoms with Gasteiger partial charge in [-0.1, -0.05) is 11.6 Å². The number of benzene rings is 1. The summed E-state index contributed by atoms with van der Waals surface area (Å²) in [5.74, 6) is -0.240. The number of hydrogen-bond donors (Lipinski definition) is 0. The van der Waals surface area contributed by atoms with Gasteiger partial charge in [-0.3, -0.25) is 4.79 Å². The van der Waals surface area contributed by atoms with Crippen LogP contribution in [0.1, 0.15) is 34.6 Å². The average molecular weight is 413 g/mol. The SMILES string of the molecule is CC(C)N(C)S(=O)(=O)c1ccc(Cl)c(C(=O)N2CCc3sccc3C2)c1. The van der Waals surface area contributed by atoms with Gasteiger partial charge in [0.25, 0.3) is 5.91 Å². The maximum Gasteiger partial charge on any atom is 0.255 e. The van der Waals surface area contributed by atoms with Gasteiger partial charge in [0.15, 0.2) is 0 Å². The van der Waals surface area contributed by atoms with E-state index in [1.54, 1.807) is 30.1 Å². The van der Waals surface area contributed by atoms with Crippen molar-refractivity contribution in [2.75, 3.05) is 13.6 Å². The standard InChI is InChI=1S/C18H21ClN2O3S2/c1-12(2)20(3)26(23,24)14-4-5-16(19)15(10-14)18(22)21-8-6-17-13(11-21)7-9-25-17/h4-5,7,9-10,12H,6,8,11H2,1-3H3. The fourth-order valence-corrected chi connectivity index (χ4v) is 5.35. The van der Waals surface area contributed by atoms with Crippen molar-refractivity contribution in [2.45, 2.75) is 37.8 Å². The van der Waals surface area contributed by atoms with E-state index >= 15 is 0 Å². The highest BCUT2D eigenvalue weighted by Crippen LogP contribution is 2.28. The van der Waals surface area contributed by atoms with E-state index in [-0.39, 0.29) is 27.4 Å². The summed E-state index contributed by atoms with van der Waals surface area (Å²) in [5, 5.41) is 2.29. The summed E-state index contributed by atoms with van der Waals surface area (Å²) in [6.45, 7) is 4.72. The molecular weight excluding hydrogens is 392 g/mol. The summed E-state index contributed by atoms with van der Waals surface area (Å²) >= 11 is 7.93. The summed E-state index contributed by atoms with van der Waals surface area (Å²) < 4.78 is 26.7.